The maximum absolute atomic E-state index is 10.7. The first-order valence-corrected chi connectivity index (χ1v) is 7.46. The number of halogens is 1. The molecule has 1 aliphatic heterocycles. The summed E-state index contributed by atoms with van der Waals surface area (Å²) < 4.78 is 14.1. The van der Waals surface area contributed by atoms with Gasteiger partial charge in [0.15, 0.2) is 0 Å². The third-order valence-electron chi connectivity index (χ3n) is 3.13. The molecule has 0 N–H and O–H groups in total. The highest BCUT2D eigenvalue weighted by atomic mass is 127. The molecule has 1 aromatic carbocycles. The first-order chi connectivity index (χ1) is 10.1. The van der Waals surface area contributed by atoms with E-state index in [-0.39, 0.29) is 17.9 Å². The van der Waals surface area contributed by atoms with Crippen molar-refractivity contribution in [3.8, 4) is 11.8 Å². The number of imidazole rings is 1. The quantitative estimate of drug-likeness (QED) is 0.447. The molecule has 3 rings (SSSR count). The van der Waals surface area contributed by atoms with Gasteiger partial charge in [0.1, 0.15) is 24.7 Å². The molecular formula is C13H12IN3O4. The van der Waals surface area contributed by atoms with Crippen molar-refractivity contribution < 1.29 is 14.4 Å². The Kier molecular flexibility index (Phi) is 3.95. The second-order valence-electron chi connectivity index (χ2n) is 4.63. The number of aromatic nitrogens is 2. The Hall–Kier alpha value is -1.84. The molecule has 1 aliphatic rings. The van der Waals surface area contributed by atoms with Gasteiger partial charge >= 0.3 is 11.8 Å². The molecule has 0 fully saturated rings. The van der Waals surface area contributed by atoms with Crippen LogP contribution in [0.5, 0.6) is 11.8 Å². The van der Waals surface area contributed by atoms with Crippen LogP contribution >= 0.6 is 22.6 Å². The van der Waals surface area contributed by atoms with Gasteiger partial charge in [-0.25, -0.2) is 0 Å². The minimum absolute atomic E-state index is 0.154. The van der Waals surface area contributed by atoms with Gasteiger partial charge in [0.2, 0.25) is 0 Å². The predicted octanol–water partition coefficient (Wildman–Crippen LogP) is 2.63. The minimum atomic E-state index is -0.522. The maximum atomic E-state index is 10.7. The van der Waals surface area contributed by atoms with Gasteiger partial charge in [-0.3, -0.25) is 4.57 Å². The summed E-state index contributed by atoms with van der Waals surface area (Å²) >= 11 is 2.23. The van der Waals surface area contributed by atoms with Crippen molar-refractivity contribution in [2.45, 2.75) is 19.1 Å². The number of nitro groups is 1. The summed E-state index contributed by atoms with van der Waals surface area (Å²) in [6.45, 7) is 1.03. The van der Waals surface area contributed by atoms with Gasteiger partial charge in [-0.2, -0.15) is 0 Å². The molecule has 7 nitrogen and oxygen atoms in total. The normalized spacial score (nSPS) is 16.9. The van der Waals surface area contributed by atoms with Gasteiger partial charge in [0.05, 0.1) is 0 Å². The lowest BCUT2D eigenvalue weighted by molar-refractivity contribution is -0.389. The van der Waals surface area contributed by atoms with Crippen LogP contribution < -0.4 is 9.47 Å². The molecule has 8 heteroatoms. The molecule has 0 bridgehead atoms. The molecule has 0 spiro atoms. The summed E-state index contributed by atoms with van der Waals surface area (Å²) in [5.41, 5.74) is 0. The molecule has 0 radical (unpaired) electrons. The largest absolute Gasteiger partial charge is 0.490 e. The zero-order valence-corrected chi connectivity index (χ0v) is 13.1. The second-order valence-corrected chi connectivity index (χ2v) is 5.87. The molecule has 0 amide bonds. The van der Waals surface area contributed by atoms with Crippen LogP contribution in [0.3, 0.4) is 0 Å². The highest BCUT2D eigenvalue weighted by Crippen LogP contribution is 2.24. The van der Waals surface area contributed by atoms with E-state index in [2.05, 4.69) is 27.6 Å². The van der Waals surface area contributed by atoms with Crippen molar-refractivity contribution in [3.05, 3.63) is 44.1 Å². The van der Waals surface area contributed by atoms with E-state index in [1.165, 1.54) is 6.20 Å². The van der Waals surface area contributed by atoms with Crippen molar-refractivity contribution >= 4 is 28.4 Å². The number of rotatable bonds is 4. The standard InChI is InChI=1S/C13H12IN3O4/c14-9-1-3-10(4-2-9)20-8-11-5-6-16-7-12(17(18)19)15-13(16)21-11/h1-4,7,11H,5-6,8H2. The van der Waals surface area contributed by atoms with Gasteiger partial charge in [0.25, 0.3) is 0 Å². The zero-order valence-electron chi connectivity index (χ0n) is 10.9. The molecule has 1 aromatic heterocycles. The van der Waals surface area contributed by atoms with Crippen molar-refractivity contribution in [1.82, 2.24) is 9.55 Å². The van der Waals surface area contributed by atoms with Crippen LogP contribution in [0.25, 0.3) is 0 Å². The van der Waals surface area contributed by atoms with E-state index < -0.39 is 4.92 Å². The van der Waals surface area contributed by atoms with Gasteiger partial charge in [0, 0.05) is 21.5 Å². The number of hydrogen-bond donors (Lipinski definition) is 0. The molecule has 1 unspecified atom stereocenters. The van der Waals surface area contributed by atoms with Crippen molar-refractivity contribution in [3.63, 3.8) is 0 Å². The molecule has 2 heterocycles. The third-order valence-corrected chi connectivity index (χ3v) is 3.85. The number of fused-ring (bicyclic) bond motifs is 1. The lowest BCUT2D eigenvalue weighted by Crippen LogP contribution is -2.31. The van der Waals surface area contributed by atoms with Crippen LogP contribution in [0, 0.1) is 13.7 Å². The molecule has 2 aromatic rings. The van der Waals surface area contributed by atoms with E-state index in [0.29, 0.717) is 13.2 Å². The van der Waals surface area contributed by atoms with Crippen LogP contribution in [0.2, 0.25) is 0 Å². The third kappa shape index (κ3) is 3.26. The van der Waals surface area contributed by atoms with Crippen LogP contribution in [0.15, 0.2) is 30.5 Å². The summed E-state index contributed by atoms with van der Waals surface area (Å²) in [6, 6.07) is 8.01. The monoisotopic (exact) mass is 401 g/mol. The second kappa shape index (κ2) is 5.88. The van der Waals surface area contributed by atoms with Gasteiger partial charge in [-0.05, 0) is 51.8 Å². The average molecular weight is 401 g/mol. The smallest absolute Gasteiger partial charge is 0.414 e. The van der Waals surface area contributed by atoms with E-state index in [0.717, 1.165) is 15.7 Å². The number of nitrogens with zero attached hydrogens (tertiary/aromatic N) is 3. The predicted molar refractivity (Wildman–Crippen MR) is 82.6 cm³/mol. The minimum Gasteiger partial charge on any atom is -0.490 e. The Balaban J connectivity index is 1.61. The number of benzene rings is 1. The average Bonchev–Trinajstić information content (AvgIpc) is 2.90. The molecule has 0 saturated heterocycles. The molecule has 21 heavy (non-hydrogen) atoms. The fraction of sp³-hybridized carbons (Fsp3) is 0.308. The van der Waals surface area contributed by atoms with Crippen molar-refractivity contribution in [2.75, 3.05) is 6.61 Å². The summed E-state index contributed by atoms with van der Waals surface area (Å²) in [5, 5.41) is 10.7. The zero-order chi connectivity index (χ0) is 14.8. The molecule has 1 atom stereocenters. The van der Waals surface area contributed by atoms with Crippen molar-refractivity contribution in [2.24, 2.45) is 0 Å². The Morgan fingerprint density at radius 1 is 1.48 bits per heavy atom. The SMILES string of the molecule is O=[N+]([O-])c1cn2c(n1)OC(COc1ccc(I)cc1)CC2. The van der Waals surface area contributed by atoms with E-state index in [4.69, 9.17) is 9.47 Å². The van der Waals surface area contributed by atoms with Crippen LogP contribution in [0.4, 0.5) is 5.82 Å². The lowest BCUT2D eigenvalue weighted by atomic mass is 10.2. The van der Waals surface area contributed by atoms with Gasteiger partial charge < -0.3 is 19.6 Å². The van der Waals surface area contributed by atoms with E-state index >= 15 is 0 Å². The summed E-state index contributed by atoms with van der Waals surface area (Å²) in [6.07, 6.45) is 1.97. The van der Waals surface area contributed by atoms with Crippen molar-refractivity contribution in [1.29, 1.82) is 0 Å². The van der Waals surface area contributed by atoms with Gasteiger partial charge in [-0.1, -0.05) is 0 Å². The fourth-order valence-corrected chi connectivity index (χ4v) is 2.42. The van der Waals surface area contributed by atoms with Crippen LogP contribution in [-0.4, -0.2) is 27.2 Å². The Bertz CT molecular complexity index is 656. The van der Waals surface area contributed by atoms with Gasteiger partial charge in [-0.15, -0.1) is 0 Å². The molecule has 110 valence electrons. The number of ether oxygens (including phenoxy) is 2. The summed E-state index contributed by atoms with van der Waals surface area (Å²) in [4.78, 5) is 14.0. The first-order valence-electron chi connectivity index (χ1n) is 6.38. The number of hydrogen-bond acceptors (Lipinski definition) is 5. The Morgan fingerprint density at radius 2 is 2.24 bits per heavy atom. The van der Waals surface area contributed by atoms with Crippen LogP contribution in [0.1, 0.15) is 6.42 Å². The Labute approximate surface area is 134 Å². The highest BCUT2D eigenvalue weighted by Gasteiger charge is 2.28. The first kappa shape index (κ1) is 14.1. The molecular weight excluding hydrogens is 389 g/mol. The number of aryl methyl sites for hydroxylation is 1. The highest BCUT2D eigenvalue weighted by molar-refractivity contribution is 14.1. The molecule has 0 saturated carbocycles. The fourth-order valence-electron chi connectivity index (χ4n) is 2.06. The maximum Gasteiger partial charge on any atom is 0.414 e. The topological polar surface area (TPSA) is 79.4 Å². The molecule has 0 aliphatic carbocycles. The Morgan fingerprint density at radius 3 is 2.95 bits per heavy atom. The summed E-state index contributed by atoms with van der Waals surface area (Å²) in [5.74, 6) is 0.586. The summed E-state index contributed by atoms with van der Waals surface area (Å²) in [7, 11) is 0. The lowest BCUT2D eigenvalue weighted by Gasteiger charge is -2.22. The van der Waals surface area contributed by atoms with E-state index in [9.17, 15) is 10.1 Å². The van der Waals surface area contributed by atoms with E-state index in [1.54, 1.807) is 4.57 Å². The van der Waals surface area contributed by atoms with E-state index in [1.807, 2.05) is 24.3 Å². The van der Waals surface area contributed by atoms with Crippen LogP contribution in [-0.2, 0) is 6.54 Å².